The summed E-state index contributed by atoms with van der Waals surface area (Å²) in [6.07, 6.45) is 5.56. The van der Waals surface area contributed by atoms with Crippen molar-refractivity contribution in [1.82, 2.24) is 10.2 Å². The second kappa shape index (κ2) is 12.0. The van der Waals surface area contributed by atoms with Crippen LogP contribution in [0.1, 0.15) is 65.7 Å². The highest BCUT2D eigenvalue weighted by molar-refractivity contribution is 9.09. The van der Waals surface area contributed by atoms with E-state index in [4.69, 9.17) is 9.47 Å². The van der Waals surface area contributed by atoms with E-state index >= 15 is 0 Å². The first-order valence-electron chi connectivity index (χ1n) is 14.8. The molecule has 9 nitrogen and oxygen atoms in total. The van der Waals surface area contributed by atoms with Crippen LogP contribution in [0.5, 0.6) is 5.75 Å². The fourth-order valence-corrected chi connectivity index (χ4v) is 8.38. The molecule has 1 saturated carbocycles. The van der Waals surface area contributed by atoms with Crippen molar-refractivity contribution in [3.05, 3.63) is 24.3 Å². The number of nitrogens with zero attached hydrogens (tertiary/aromatic N) is 1. The number of hydrogen-bond acceptors (Lipinski definition) is 6. The highest BCUT2D eigenvalue weighted by atomic mass is 79.9. The molecule has 3 saturated heterocycles. The molecule has 1 aromatic carbocycles. The molecule has 10 heteroatoms. The average Bonchev–Trinajstić information content (AvgIpc) is 3.52. The number of anilines is 1. The minimum absolute atomic E-state index is 0.0588. The number of ether oxygens (including phenoxy) is 2. The van der Waals surface area contributed by atoms with Gasteiger partial charge >= 0.3 is 0 Å². The van der Waals surface area contributed by atoms with Crippen LogP contribution in [-0.2, 0) is 19.1 Å². The van der Waals surface area contributed by atoms with E-state index in [1.807, 2.05) is 20.8 Å². The first-order chi connectivity index (χ1) is 19.2. The predicted octanol–water partition coefficient (Wildman–Crippen LogP) is 3.63. The molecule has 0 aromatic heterocycles. The number of likely N-dealkylation sites (tertiary alicyclic amines) is 1. The monoisotopic (exact) mass is 619 g/mol. The Morgan fingerprint density at radius 1 is 1.18 bits per heavy atom. The number of carbonyl (C=O) groups is 3. The number of nitrogens with one attached hydrogen (secondary N) is 2. The fraction of sp³-hybridized carbons (Fsp3) is 0.700. The summed E-state index contributed by atoms with van der Waals surface area (Å²) in [5.74, 6) is -1.50. The summed E-state index contributed by atoms with van der Waals surface area (Å²) in [5, 5.41) is 16.6. The second-order valence-electron chi connectivity index (χ2n) is 12.2. The Balaban J connectivity index is 1.46. The van der Waals surface area contributed by atoms with Crippen LogP contribution >= 0.6 is 15.9 Å². The van der Waals surface area contributed by atoms with E-state index in [0.717, 1.165) is 32.1 Å². The number of amides is 3. The maximum absolute atomic E-state index is 14.3. The van der Waals surface area contributed by atoms with Crippen LogP contribution in [0.25, 0.3) is 0 Å². The van der Waals surface area contributed by atoms with Crippen molar-refractivity contribution in [1.29, 1.82) is 0 Å². The first-order valence-corrected chi connectivity index (χ1v) is 15.7. The van der Waals surface area contributed by atoms with Crippen LogP contribution in [0.4, 0.5) is 5.69 Å². The summed E-state index contributed by atoms with van der Waals surface area (Å²) >= 11 is 3.72. The molecule has 3 N–H and O–H groups in total. The molecule has 3 unspecified atom stereocenters. The van der Waals surface area contributed by atoms with Gasteiger partial charge in [-0.2, -0.15) is 0 Å². The molecule has 1 aliphatic carbocycles. The number of fused-ring (bicyclic) bond motifs is 1. The number of aliphatic hydroxyl groups excluding tert-OH is 1. The van der Waals surface area contributed by atoms with E-state index in [-0.39, 0.29) is 41.1 Å². The molecule has 220 valence electrons. The molecule has 4 aliphatic rings. The van der Waals surface area contributed by atoms with Crippen molar-refractivity contribution in [3.8, 4) is 5.75 Å². The summed E-state index contributed by atoms with van der Waals surface area (Å²) in [5.41, 5.74) is -0.543. The number of halogens is 1. The van der Waals surface area contributed by atoms with Gasteiger partial charge in [0.2, 0.25) is 17.7 Å². The van der Waals surface area contributed by atoms with Crippen molar-refractivity contribution in [3.63, 3.8) is 0 Å². The second-order valence-corrected chi connectivity index (χ2v) is 13.3. The average molecular weight is 621 g/mol. The highest BCUT2D eigenvalue weighted by Crippen LogP contribution is 2.60. The van der Waals surface area contributed by atoms with Gasteiger partial charge in [0.05, 0.1) is 37.2 Å². The van der Waals surface area contributed by atoms with Gasteiger partial charge in [-0.3, -0.25) is 14.4 Å². The Kier molecular flexibility index (Phi) is 8.78. The van der Waals surface area contributed by atoms with Crippen LogP contribution in [-0.4, -0.2) is 75.6 Å². The summed E-state index contributed by atoms with van der Waals surface area (Å²) in [7, 11) is 0. The Morgan fingerprint density at radius 3 is 2.50 bits per heavy atom. The standard InChI is InChI=1S/C30H42BrN3O6/c1-4-39-21-12-10-19(11-13-21)32-27(36)23-24-29(38)34(20(16-35)14-17(2)3)26(30(24)15-22(31)25(23)40-30)28(37)33-18-8-6-5-7-9-18/h10-13,17-18,20,22-26,35H,4-9,14-16H2,1-3H3,(H,32,36)(H,33,37)/t20-,22?,23+,24+,25+,26?,30?/m1/s1. The van der Waals surface area contributed by atoms with Gasteiger partial charge in [0.15, 0.2) is 0 Å². The molecule has 3 aliphatic heterocycles. The number of alkyl halides is 1. The number of hydrogen-bond donors (Lipinski definition) is 3. The van der Waals surface area contributed by atoms with Crippen molar-refractivity contribution >= 4 is 39.3 Å². The molecular formula is C30H42BrN3O6. The van der Waals surface area contributed by atoms with E-state index in [1.165, 1.54) is 0 Å². The van der Waals surface area contributed by atoms with Crippen molar-refractivity contribution in [2.45, 2.75) is 100 Å². The highest BCUT2D eigenvalue weighted by Gasteiger charge is 2.77. The molecule has 1 aromatic rings. The molecule has 0 radical (unpaired) electrons. The minimum Gasteiger partial charge on any atom is -0.494 e. The molecule has 1 spiro atoms. The molecular weight excluding hydrogens is 578 g/mol. The summed E-state index contributed by atoms with van der Waals surface area (Å²) in [6, 6.07) is 5.73. The van der Waals surface area contributed by atoms with Gasteiger partial charge in [-0.25, -0.2) is 0 Å². The van der Waals surface area contributed by atoms with E-state index in [0.29, 0.717) is 30.9 Å². The summed E-state index contributed by atoms with van der Waals surface area (Å²) in [4.78, 5) is 43.5. The van der Waals surface area contributed by atoms with Crippen LogP contribution in [0.15, 0.2) is 24.3 Å². The molecule has 7 atom stereocenters. The minimum atomic E-state index is -1.14. The number of aliphatic hydroxyl groups is 1. The molecule has 2 bridgehead atoms. The Morgan fingerprint density at radius 2 is 1.88 bits per heavy atom. The van der Waals surface area contributed by atoms with Crippen LogP contribution in [0, 0.1) is 17.8 Å². The van der Waals surface area contributed by atoms with E-state index in [9.17, 15) is 19.5 Å². The van der Waals surface area contributed by atoms with Gasteiger partial charge in [0, 0.05) is 16.6 Å². The zero-order valence-corrected chi connectivity index (χ0v) is 25.2. The number of rotatable bonds is 10. The third-order valence-corrected chi connectivity index (χ3v) is 9.85. The van der Waals surface area contributed by atoms with Crippen molar-refractivity contribution in [2.75, 3.05) is 18.5 Å². The van der Waals surface area contributed by atoms with Crippen LogP contribution in [0.2, 0.25) is 0 Å². The largest absolute Gasteiger partial charge is 0.494 e. The third kappa shape index (κ3) is 5.27. The zero-order chi connectivity index (χ0) is 28.6. The molecule has 5 rings (SSSR count). The van der Waals surface area contributed by atoms with Crippen molar-refractivity contribution in [2.24, 2.45) is 17.8 Å². The molecule has 3 amide bonds. The third-order valence-electron chi connectivity index (χ3n) is 9.01. The Labute approximate surface area is 244 Å². The lowest BCUT2D eigenvalue weighted by atomic mass is 9.70. The quantitative estimate of drug-likeness (QED) is 0.344. The zero-order valence-electron chi connectivity index (χ0n) is 23.6. The van der Waals surface area contributed by atoms with Gasteiger partial charge < -0.3 is 30.1 Å². The smallest absolute Gasteiger partial charge is 0.246 e. The van der Waals surface area contributed by atoms with Crippen molar-refractivity contribution < 1.29 is 29.0 Å². The van der Waals surface area contributed by atoms with Gasteiger partial charge in [-0.15, -0.1) is 0 Å². The van der Waals surface area contributed by atoms with Crippen LogP contribution in [0.3, 0.4) is 0 Å². The van der Waals surface area contributed by atoms with Gasteiger partial charge in [-0.05, 0) is 62.8 Å². The lowest BCUT2D eigenvalue weighted by Gasteiger charge is -2.38. The van der Waals surface area contributed by atoms with Gasteiger partial charge in [0.1, 0.15) is 17.4 Å². The fourth-order valence-electron chi connectivity index (χ4n) is 7.43. The molecule has 40 heavy (non-hydrogen) atoms. The number of benzene rings is 1. The molecule has 3 heterocycles. The lowest BCUT2D eigenvalue weighted by molar-refractivity contribution is -0.145. The maximum atomic E-state index is 14.3. The van der Waals surface area contributed by atoms with E-state index in [1.54, 1.807) is 29.2 Å². The first kappa shape index (κ1) is 29.3. The van der Waals surface area contributed by atoms with Gasteiger partial charge in [0.25, 0.3) is 0 Å². The van der Waals surface area contributed by atoms with E-state index < -0.39 is 35.6 Å². The SMILES string of the molecule is CCOc1ccc(NC(=O)[C@H]2[C@H]3C(=O)N([C@@H](CO)CC(C)C)C(C(=O)NC4CCCCC4)C34CC(Br)[C@@H]2O4)cc1. The normalized spacial score (nSPS) is 32.3. The number of carbonyl (C=O) groups excluding carboxylic acids is 3. The molecule has 4 fully saturated rings. The summed E-state index contributed by atoms with van der Waals surface area (Å²) in [6.45, 7) is 6.25. The maximum Gasteiger partial charge on any atom is 0.246 e. The summed E-state index contributed by atoms with van der Waals surface area (Å²) < 4.78 is 12.1. The van der Waals surface area contributed by atoms with Crippen LogP contribution < -0.4 is 15.4 Å². The lowest BCUT2D eigenvalue weighted by Crippen LogP contribution is -2.59. The predicted molar refractivity (Wildman–Crippen MR) is 154 cm³/mol. The topological polar surface area (TPSA) is 117 Å². The Hall–Kier alpha value is -2.17. The van der Waals surface area contributed by atoms with Gasteiger partial charge in [-0.1, -0.05) is 49.0 Å². The Bertz CT molecular complexity index is 1090. The van der Waals surface area contributed by atoms with E-state index in [2.05, 4.69) is 26.6 Å².